The third kappa shape index (κ3) is 3.64. The number of benzene rings is 1. The lowest BCUT2D eigenvalue weighted by atomic mass is 10.1. The maximum Gasteiger partial charge on any atom is 0.255 e. The molecule has 0 unspecified atom stereocenters. The smallest absolute Gasteiger partial charge is 0.255 e. The molecule has 5 heteroatoms. The zero-order chi connectivity index (χ0) is 16.2. The Kier molecular flexibility index (Phi) is 4.82. The molecule has 1 fully saturated rings. The molecule has 4 nitrogen and oxygen atoms in total. The van der Waals surface area contributed by atoms with Crippen LogP contribution in [0.2, 0.25) is 5.15 Å². The van der Waals surface area contributed by atoms with Crippen LogP contribution in [-0.4, -0.2) is 35.9 Å². The molecule has 120 valence electrons. The fourth-order valence-electron chi connectivity index (χ4n) is 2.96. The Labute approximate surface area is 141 Å². The van der Waals surface area contributed by atoms with Crippen molar-refractivity contribution in [2.24, 2.45) is 0 Å². The SMILES string of the molecule is CN(Cc1ccccc1N1CCCC1)C(=O)c1ccc(Cl)nc1. The number of rotatable bonds is 4. The molecule has 0 saturated carbocycles. The minimum absolute atomic E-state index is 0.0506. The topological polar surface area (TPSA) is 36.4 Å². The van der Waals surface area contributed by atoms with Crippen LogP contribution in [0.15, 0.2) is 42.6 Å². The Hall–Kier alpha value is -2.07. The Balaban J connectivity index is 1.76. The number of para-hydroxylation sites is 1. The average molecular weight is 330 g/mol. The van der Waals surface area contributed by atoms with Gasteiger partial charge in [-0.15, -0.1) is 0 Å². The van der Waals surface area contributed by atoms with Gasteiger partial charge in [0.2, 0.25) is 0 Å². The standard InChI is InChI=1S/C18H20ClN3O/c1-21(18(23)14-8-9-17(19)20-12-14)13-15-6-2-3-7-16(15)22-10-4-5-11-22/h2-3,6-9,12H,4-5,10-11,13H2,1H3. The first-order valence-corrected chi connectivity index (χ1v) is 8.23. The van der Waals surface area contributed by atoms with E-state index in [9.17, 15) is 4.79 Å². The summed E-state index contributed by atoms with van der Waals surface area (Å²) in [6, 6.07) is 11.7. The van der Waals surface area contributed by atoms with Crippen LogP contribution in [0.5, 0.6) is 0 Å². The van der Waals surface area contributed by atoms with Crippen LogP contribution in [-0.2, 0) is 6.54 Å². The summed E-state index contributed by atoms with van der Waals surface area (Å²) in [5, 5.41) is 0.392. The second kappa shape index (κ2) is 7.01. The van der Waals surface area contributed by atoms with Crippen LogP contribution in [0.4, 0.5) is 5.69 Å². The van der Waals surface area contributed by atoms with Crippen molar-refractivity contribution in [1.82, 2.24) is 9.88 Å². The molecule has 1 aliphatic rings. The molecule has 1 aliphatic heterocycles. The largest absolute Gasteiger partial charge is 0.371 e. The first kappa shape index (κ1) is 15.8. The summed E-state index contributed by atoms with van der Waals surface area (Å²) in [5.41, 5.74) is 2.96. The predicted molar refractivity (Wildman–Crippen MR) is 92.9 cm³/mol. The molecule has 3 rings (SSSR count). The van der Waals surface area contributed by atoms with Crippen molar-refractivity contribution in [2.75, 3.05) is 25.0 Å². The van der Waals surface area contributed by atoms with Crippen LogP contribution in [0.3, 0.4) is 0 Å². The van der Waals surface area contributed by atoms with Crippen LogP contribution < -0.4 is 4.90 Å². The van der Waals surface area contributed by atoms with Crippen molar-refractivity contribution >= 4 is 23.2 Å². The lowest BCUT2D eigenvalue weighted by molar-refractivity contribution is 0.0785. The van der Waals surface area contributed by atoms with E-state index in [-0.39, 0.29) is 5.91 Å². The minimum atomic E-state index is -0.0506. The number of hydrogen-bond donors (Lipinski definition) is 0. The fourth-order valence-corrected chi connectivity index (χ4v) is 3.07. The molecule has 0 radical (unpaired) electrons. The first-order chi connectivity index (χ1) is 11.1. The van der Waals surface area contributed by atoms with Gasteiger partial charge in [0.25, 0.3) is 5.91 Å². The fraction of sp³-hybridized carbons (Fsp3) is 0.333. The van der Waals surface area contributed by atoms with Crippen molar-refractivity contribution in [1.29, 1.82) is 0 Å². The zero-order valence-electron chi connectivity index (χ0n) is 13.2. The highest BCUT2D eigenvalue weighted by molar-refractivity contribution is 6.29. The molecule has 23 heavy (non-hydrogen) atoms. The van der Waals surface area contributed by atoms with Crippen molar-refractivity contribution in [3.63, 3.8) is 0 Å². The van der Waals surface area contributed by atoms with E-state index in [0.29, 0.717) is 17.3 Å². The molecule has 2 aromatic rings. The molecule has 0 aliphatic carbocycles. The van der Waals surface area contributed by atoms with E-state index in [1.54, 1.807) is 17.0 Å². The lowest BCUT2D eigenvalue weighted by Gasteiger charge is -2.24. The maximum absolute atomic E-state index is 12.5. The van der Waals surface area contributed by atoms with Crippen molar-refractivity contribution < 1.29 is 4.79 Å². The monoisotopic (exact) mass is 329 g/mol. The Morgan fingerprint density at radius 1 is 1.22 bits per heavy atom. The molecule has 0 atom stereocenters. The molecule has 2 heterocycles. The van der Waals surface area contributed by atoms with E-state index in [1.807, 2.05) is 13.1 Å². The van der Waals surface area contributed by atoms with Gasteiger partial charge in [-0.1, -0.05) is 29.8 Å². The highest BCUT2D eigenvalue weighted by Crippen LogP contribution is 2.25. The molecule has 0 spiro atoms. The molecule has 1 aromatic heterocycles. The summed E-state index contributed by atoms with van der Waals surface area (Å²) in [4.78, 5) is 20.6. The third-order valence-electron chi connectivity index (χ3n) is 4.17. The summed E-state index contributed by atoms with van der Waals surface area (Å²) in [7, 11) is 1.82. The van der Waals surface area contributed by atoms with Crippen molar-refractivity contribution in [3.05, 3.63) is 58.9 Å². The third-order valence-corrected chi connectivity index (χ3v) is 4.39. The molecule has 1 amide bonds. The summed E-state index contributed by atoms with van der Waals surface area (Å²) in [6.45, 7) is 2.76. The van der Waals surface area contributed by atoms with Crippen molar-refractivity contribution in [3.8, 4) is 0 Å². The van der Waals surface area contributed by atoms with Crippen LogP contribution >= 0.6 is 11.6 Å². The van der Waals surface area contributed by atoms with Gasteiger partial charge in [0.15, 0.2) is 0 Å². The normalized spacial score (nSPS) is 14.1. The Morgan fingerprint density at radius 2 is 1.96 bits per heavy atom. The summed E-state index contributed by atoms with van der Waals surface area (Å²) in [5.74, 6) is -0.0506. The first-order valence-electron chi connectivity index (χ1n) is 7.85. The molecule has 0 N–H and O–H groups in total. The van der Waals surface area contributed by atoms with Gasteiger partial charge in [-0.2, -0.15) is 0 Å². The molecule has 0 bridgehead atoms. The highest BCUT2D eigenvalue weighted by Gasteiger charge is 2.18. The van der Waals surface area contributed by atoms with Gasteiger partial charge in [0.1, 0.15) is 5.15 Å². The second-order valence-electron chi connectivity index (χ2n) is 5.85. The summed E-state index contributed by atoms with van der Waals surface area (Å²) in [6.07, 6.45) is 3.99. The van der Waals surface area contributed by atoms with Gasteiger partial charge >= 0.3 is 0 Å². The molecule has 1 aromatic carbocycles. The van der Waals surface area contributed by atoms with Crippen LogP contribution in [0, 0.1) is 0 Å². The molecule has 1 saturated heterocycles. The van der Waals surface area contributed by atoms with Gasteiger partial charge in [0, 0.05) is 38.6 Å². The lowest BCUT2D eigenvalue weighted by Crippen LogP contribution is -2.28. The van der Waals surface area contributed by atoms with E-state index in [2.05, 4.69) is 28.1 Å². The maximum atomic E-state index is 12.5. The zero-order valence-corrected chi connectivity index (χ0v) is 14.0. The van der Waals surface area contributed by atoms with E-state index < -0.39 is 0 Å². The van der Waals surface area contributed by atoms with Crippen LogP contribution in [0.25, 0.3) is 0 Å². The summed E-state index contributed by atoms with van der Waals surface area (Å²) < 4.78 is 0. The number of anilines is 1. The van der Waals surface area contributed by atoms with Crippen molar-refractivity contribution in [2.45, 2.75) is 19.4 Å². The number of carbonyl (C=O) groups is 1. The number of aromatic nitrogens is 1. The second-order valence-corrected chi connectivity index (χ2v) is 6.24. The van der Waals surface area contributed by atoms with E-state index in [4.69, 9.17) is 11.6 Å². The van der Waals surface area contributed by atoms with Gasteiger partial charge in [-0.05, 0) is 36.6 Å². The highest BCUT2D eigenvalue weighted by atomic mass is 35.5. The number of halogens is 1. The van der Waals surface area contributed by atoms with E-state index in [0.717, 1.165) is 13.1 Å². The van der Waals surface area contributed by atoms with Gasteiger partial charge in [0.05, 0.1) is 5.56 Å². The minimum Gasteiger partial charge on any atom is -0.371 e. The molecular formula is C18H20ClN3O. The van der Waals surface area contributed by atoms with Gasteiger partial charge in [-0.3, -0.25) is 4.79 Å². The van der Waals surface area contributed by atoms with E-state index in [1.165, 1.54) is 30.3 Å². The van der Waals surface area contributed by atoms with Crippen LogP contribution in [0.1, 0.15) is 28.8 Å². The Bertz CT molecular complexity index is 681. The number of carbonyl (C=O) groups excluding carboxylic acids is 1. The number of nitrogens with zero attached hydrogens (tertiary/aromatic N) is 3. The van der Waals surface area contributed by atoms with Gasteiger partial charge < -0.3 is 9.80 Å². The Morgan fingerprint density at radius 3 is 2.65 bits per heavy atom. The predicted octanol–water partition coefficient (Wildman–Crippen LogP) is 3.61. The average Bonchev–Trinajstić information content (AvgIpc) is 3.09. The quantitative estimate of drug-likeness (QED) is 0.804. The molecular weight excluding hydrogens is 310 g/mol. The number of amides is 1. The van der Waals surface area contributed by atoms with Gasteiger partial charge in [-0.25, -0.2) is 4.98 Å². The number of hydrogen-bond acceptors (Lipinski definition) is 3. The summed E-state index contributed by atoms with van der Waals surface area (Å²) >= 11 is 5.78. The number of pyridine rings is 1. The van der Waals surface area contributed by atoms with E-state index >= 15 is 0 Å².